The summed E-state index contributed by atoms with van der Waals surface area (Å²) in [5, 5.41) is 0. The number of aromatic nitrogens is 2. The van der Waals surface area contributed by atoms with Gasteiger partial charge in [-0.05, 0) is 23.8 Å². The number of hydrogen-bond acceptors (Lipinski definition) is 5. The number of nitrogens with two attached hydrogens (primary N) is 1. The van der Waals surface area contributed by atoms with E-state index in [0.717, 1.165) is 5.56 Å². The van der Waals surface area contributed by atoms with E-state index in [0.29, 0.717) is 0 Å². The molecule has 20 heavy (non-hydrogen) atoms. The van der Waals surface area contributed by atoms with Crippen molar-refractivity contribution in [3.8, 4) is 0 Å². The zero-order valence-corrected chi connectivity index (χ0v) is 11.1. The first-order valence-corrected chi connectivity index (χ1v) is 7.09. The summed E-state index contributed by atoms with van der Waals surface area (Å²) in [6, 6.07) is 4.61. The summed E-state index contributed by atoms with van der Waals surface area (Å²) in [7, 11) is -3.70. The molecule has 106 valence electrons. The largest absolute Gasteiger partial charge is 0.356 e. The van der Waals surface area contributed by atoms with Gasteiger partial charge in [-0.1, -0.05) is 0 Å². The number of aromatic amines is 1. The van der Waals surface area contributed by atoms with E-state index in [-0.39, 0.29) is 17.1 Å². The lowest BCUT2D eigenvalue weighted by Crippen LogP contribution is -2.30. The third-order valence-electron chi connectivity index (χ3n) is 2.56. The van der Waals surface area contributed by atoms with Crippen LogP contribution in [0.4, 0.5) is 0 Å². The fourth-order valence-electron chi connectivity index (χ4n) is 1.50. The van der Waals surface area contributed by atoms with Crippen molar-refractivity contribution in [2.24, 2.45) is 5.84 Å². The summed E-state index contributed by atoms with van der Waals surface area (Å²) in [5.74, 6) is 4.37. The molecule has 0 aliphatic rings. The minimum Gasteiger partial charge on any atom is -0.356 e. The monoisotopic (exact) mass is 295 g/mol. The highest BCUT2D eigenvalue weighted by Gasteiger charge is 2.17. The van der Waals surface area contributed by atoms with Gasteiger partial charge in [0.25, 0.3) is 5.91 Å². The minimum absolute atomic E-state index is 0.0369. The van der Waals surface area contributed by atoms with Crippen LogP contribution in [0.1, 0.15) is 16.1 Å². The standard InChI is InChI=1S/C11H13N5O3S/c12-16-11(17)10-5-9(7-14-10)20(18,19)15-6-8-1-3-13-4-2-8/h1-5,7,14-15H,6,12H2,(H,16,17). The number of pyridine rings is 1. The van der Waals surface area contributed by atoms with Crippen LogP contribution < -0.4 is 16.0 Å². The van der Waals surface area contributed by atoms with Gasteiger partial charge in [-0.3, -0.25) is 15.2 Å². The van der Waals surface area contributed by atoms with Crippen LogP contribution >= 0.6 is 0 Å². The Morgan fingerprint density at radius 3 is 2.70 bits per heavy atom. The van der Waals surface area contributed by atoms with Crippen LogP contribution in [0.2, 0.25) is 0 Å². The Bertz CT molecular complexity index is 696. The van der Waals surface area contributed by atoms with Gasteiger partial charge in [-0.25, -0.2) is 19.0 Å². The molecule has 0 fully saturated rings. The molecule has 2 aromatic heterocycles. The molecule has 0 atom stereocenters. The molecule has 5 N–H and O–H groups in total. The topological polar surface area (TPSA) is 130 Å². The van der Waals surface area contributed by atoms with E-state index in [9.17, 15) is 13.2 Å². The first-order valence-electron chi connectivity index (χ1n) is 5.61. The van der Waals surface area contributed by atoms with E-state index in [1.165, 1.54) is 12.3 Å². The molecule has 2 aromatic rings. The van der Waals surface area contributed by atoms with E-state index < -0.39 is 15.9 Å². The predicted octanol–water partition coefficient (Wildman–Crippen LogP) is -0.508. The van der Waals surface area contributed by atoms with Gasteiger partial charge in [-0.15, -0.1) is 0 Å². The maximum absolute atomic E-state index is 12.0. The molecule has 0 spiro atoms. The Morgan fingerprint density at radius 2 is 2.05 bits per heavy atom. The second-order valence-corrected chi connectivity index (χ2v) is 5.67. The first kappa shape index (κ1) is 14.2. The summed E-state index contributed by atoms with van der Waals surface area (Å²) >= 11 is 0. The molecule has 1 amide bonds. The van der Waals surface area contributed by atoms with Crippen molar-refractivity contribution in [1.29, 1.82) is 0 Å². The van der Waals surface area contributed by atoms with Crippen LogP contribution in [-0.4, -0.2) is 24.3 Å². The molecule has 0 saturated carbocycles. The number of carbonyl (C=O) groups is 1. The lowest BCUT2D eigenvalue weighted by atomic mass is 10.3. The number of nitrogens with zero attached hydrogens (tertiary/aromatic N) is 1. The quantitative estimate of drug-likeness (QED) is 0.335. The second-order valence-electron chi connectivity index (χ2n) is 3.90. The summed E-state index contributed by atoms with van der Waals surface area (Å²) < 4.78 is 26.5. The Hall–Kier alpha value is -2.23. The molecule has 0 saturated heterocycles. The Morgan fingerprint density at radius 1 is 1.35 bits per heavy atom. The Labute approximate surface area is 115 Å². The Kier molecular flexibility index (Phi) is 4.13. The normalized spacial score (nSPS) is 11.2. The highest BCUT2D eigenvalue weighted by atomic mass is 32.2. The van der Waals surface area contributed by atoms with Crippen molar-refractivity contribution < 1.29 is 13.2 Å². The smallest absolute Gasteiger partial charge is 0.281 e. The van der Waals surface area contributed by atoms with Gasteiger partial charge in [-0.2, -0.15) is 0 Å². The molecule has 9 heteroatoms. The number of nitrogens with one attached hydrogen (secondary N) is 3. The van der Waals surface area contributed by atoms with Crippen LogP contribution in [0.15, 0.2) is 41.7 Å². The van der Waals surface area contributed by atoms with Gasteiger partial charge < -0.3 is 4.98 Å². The highest BCUT2D eigenvalue weighted by molar-refractivity contribution is 7.89. The van der Waals surface area contributed by atoms with E-state index in [1.54, 1.807) is 24.5 Å². The SMILES string of the molecule is NNC(=O)c1cc(S(=O)(=O)NCc2ccncc2)c[nH]1. The van der Waals surface area contributed by atoms with Gasteiger partial charge in [0.2, 0.25) is 10.0 Å². The summed E-state index contributed by atoms with van der Waals surface area (Å²) in [6.07, 6.45) is 4.37. The molecule has 0 bridgehead atoms. The molecule has 0 aromatic carbocycles. The zero-order chi connectivity index (χ0) is 14.6. The molecular weight excluding hydrogens is 282 g/mol. The number of carbonyl (C=O) groups excluding carboxylic acids is 1. The van der Waals surface area contributed by atoms with E-state index in [2.05, 4.69) is 14.7 Å². The number of nitrogen functional groups attached to an aromatic ring is 1. The third kappa shape index (κ3) is 3.20. The van der Waals surface area contributed by atoms with Crippen molar-refractivity contribution in [1.82, 2.24) is 20.1 Å². The lowest BCUT2D eigenvalue weighted by molar-refractivity contribution is 0.0949. The lowest BCUT2D eigenvalue weighted by Gasteiger charge is -2.04. The van der Waals surface area contributed by atoms with Crippen LogP contribution in [0.25, 0.3) is 0 Å². The van der Waals surface area contributed by atoms with E-state index >= 15 is 0 Å². The number of hydrogen-bond donors (Lipinski definition) is 4. The third-order valence-corrected chi connectivity index (χ3v) is 3.94. The summed E-state index contributed by atoms with van der Waals surface area (Å²) in [4.78, 5) is 17.6. The van der Waals surface area contributed by atoms with E-state index in [4.69, 9.17) is 5.84 Å². The van der Waals surface area contributed by atoms with Crippen molar-refractivity contribution in [3.63, 3.8) is 0 Å². The minimum atomic E-state index is -3.70. The predicted molar refractivity (Wildman–Crippen MR) is 70.7 cm³/mol. The number of rotatable bonds is 5. The van der Waals surface area contributed by atoms with Gasteiger partial charge in [0.1, 0.15) is 10.6 Å². The number of sulfonamides is 1. The maximum atomic E-state index is 12.0. The van der Waals surface area contributed by atoms with Crippen molar-refractivity contribution in [3.05, 3.63) is 48.0 Å². The first-order chi connectivity index (χ1) is 9.53. The maximum Gasteiger partial charge on any atom is 0.281 e. The Balaban J connectivity index is 2.10. The highest BCUT2D eigenvalue weighted by Crippen LogP contribution is 2.11. The molecule has 2 heterocycles. The van der Waals surface area contributed by atoms with Gasteiger partial charge in [0.15, 0.2) is 0 Å². The van der Waals surface area contributed by atoms with Gasteiger partial charge in [0.05, 0.1) is 0 Å². The summed E-state index contributed by atoms with van der Waals surface area (Å²) in [5.41, 5.74) is 2.75. The van der Waals surface area contributed by atoms with Crippen molar-refractivity contribution in [2.75, 3.05) is 0 Å². The second kappa shape index (κ2) is 5.82. The van der Waals surface area contributed by atoms with Gasteiger partial charge >= 0.3 is 0 Å². The van der Waals surface area contributed by atoms with Crippen LogP contribution in [0.3, 0.4) is 0 Å². The molecule has 2 rings (SSSR count). The molecular formula is C11H13N5O3S. The fraction of sp³-hybridized carbons (Fsp3) is 0.0909. The van der Waals surface area contributed by atoms with Crippen LogP contribution in [-0.2, 0) is 16.6 Å². The van der Waals surface area contributed by atoms with E-state index in [1.807, 2.05) is 5.43 Å². The molecule has 0 radical (unpaired) electrons. The van der Waals surface area contributed by atoms with Crippen molar-refractivity contribution in [2.45, 2.75) is 11.4 Å². The molecule has 8 nitrogen and oxygen atoms in total. The summed E-state index contributed by atoms with van der Waals surface area (Å²) in [6.45, 7) is 0.133. The zero-order valence-electron chi connectivity index (χ0n) is 10.3. The number of amides is 1. The van der Waals surface area contributed by atoms with Gasteiger partial charge in [0, 0.05) is 25.1 Å². The molecule has 0 unspecified atom stereocenters. The molecule has 0 aliphatic heterocycles. The van der Waals surface area contributed by atoms with Crippen molar-refractivity contribution >= 4 is 15.9 Å². The molecule has 0 aliphatic carbocycles. The number of hydrazine groups is 1. The van der Waals surface area contributed by atoms with Crippen LogP contribution in [0.5, 0.6) is 0 Å². The number of H-pyrrole nitrogens is 1. The van der Waals surface area contributed by atoms with Crippen LogP contribution in [0, 0.1) is 0 Å². The fourth-order valence-corrected chi connectivity index (χ4v) is 2.51. The average Bonchev–Trinajstić information content (AvgIpc) is 2.96. The average molecular weight is 295 g/mol.